The number of hydrogen-bond donors (Lipinski definition) is 2. The highest BCUT2D eigenvalue weighted by Crippen LogP contribution is 2.28. The molecule has 144 valence electrons. The highest BCUT2D eigenvalue weighted by molar-refractivity contribution is 6.00. The summed E-state index contributed by atoms with van der Waals surface area (Å²) in [5.74, 6) is -0.216. The molecular weight excluding hydrogens is 362 g/mol. The summed E-state index contributed by atoms with van der Waals surface area (Å²) in [6.07, 6.45) is 1.36. The number of nitrogens with zero attached hydrogens (tertiary/aromatic N) is 1. The monoisotopic (exact) mass is 387 g/mol. The first-order valence-electron chi connectivity index (χ1n) is 9.01. The lowest BCUT2D eigenvalue weighted by Gasteiger charge is -2.27. The lowest BCUT2D eigenvalue weighted by Crippen LogP contribution is -2.52. The van der Waals surface area contributed by atoms with Gasteiger partial charge in [-0.05, 0) is 44.0 Å². The third-order valence-electron chi connectivity index (χ3n) is 4.88. The van der Waals surface area contributed by atoms with Crippen LogP contribution in [0.4, 0.5) is 5.69 Å². The van der Waals surface area contributed by atoms with Crippen molar-refractivity contribution in [3.63, 3.8) is 0 Å². The minimum atomic E-state index is -0.519. The van der Waals surface area contributed by atoms with Gasteiger partial charge in [-0.1, -0.05) is 48.5 Å². The predicted octanol–water partition coefficient (Wildman–Crippen LogP) is 2.68. The number of rotatable bonds is 5. The highest BCUT2D eigenvalue weighted by atomic mass is 35.5. The summed E-state index contributed by atoms with van der Waals surface area (Å²) in [5.41, 5.74) is 3.13. The number of benzene rings is 2. The molecule has 0 spiro atoms. The van der Waals surface area contributed by atoms with Crippen LogP contribution in [-0.2, 0) is 22.6 Å². The van der Waals surface area contributed by atoms with Crippen molar-refractivity contribution in [3.8, 4) is 0 Å². The van der Waals surface area contributed by atoms with E-state index in [9.17, 15) is 9.59 Å². The summed E-state index contributed by atoms with van der Waals surface area (Å²) >= 11 is 0. The Bertz CT molecular complexity index is 782. The van der Waals surface area contributed by atoms with Gasteiger partial charge in [0, 0.05) is 5.69 Å². The fourth-order valence-corrected chi connectivity index (χ4v) is 3.21. The first-order valence-corrected chi connectivity index (χ1v) is 9.01. The van der Waals surface area contributed by atoms with Crippen LogP contribution in [0.2, 0.25) is 0 Å². The van der Waals surface area contributed by atoms with Gasteiger partial charge < -0.3 is 15.5 Å². The largest absolute Gasteiger partial charge is 0.343 e. The van der Waals surface area contributed by atoms with E-state index in [4.69, 9.17) is 0 Å². The number of para-hydroxylation sites is 1. The third-order valence-corrected chi connectivity index (χ3v) is 4.88. The maximum atomic E-state index is 13.2. The Morgan fingerprint density at radius 2 is 1.81 bits per heavy atom. The van der Waals surface area contributed by atoms with Gasteiger partial charge in [0.05, 0.1) is 12.6 Å². The number of halogens is 1. The van der Waals surface area contributed by atoms with E-state index in [-0.39, 0.29) is 30.3 Å². The van der Waals surface area contributed by atoms with Crippen LogP contribution in [0.15, 0.2) is 54.6 Å². The molecule has 3 rings (SSSR count). The van der Waals surface area contributed by atoms with Crippen molar-refractivity contribution in [1.29, 1.82) is 0 Å². The van der Waals surface area contributed by atoms with Crippen molar-refractivity contribution in [2.75, 3.05) is 11.9 Å². The first kappa shape index (κ1) is 20.9. The average molecular weight is 388 g/mol. The molecule has 1 heterocycles. The molecule has 2 aromatic rings. The molecule has 0 fully saturated rings. The van der Waals surface area contributed by atoms with Gasteiger partial charge in [-0.25, -0.2) is 0 Å². The molecule has 2 amide bonds. The van der Waals surface area contributed by atoms with Crippen molar-refractivity contribution in [3.05, 3.63) is 65.7 Å². The Labute approximate surface area is 166 Å². The fourth-order valence-electron chi connectivity index (χ4n) is 3.21. The zero-order valence-corrected chi connectivity index (χ0v) is 16.5. The summed E-state index contributed by atoms with van der Waals surface area (Å²) in [5, 5.41) is 5.83. The quantitative estimate of drug-likeness (QED) is 0.829. The maximum Gasteiger partial charge on any atom is 0.249 e. The minimum absolute atomic E-state index is 0. The van der Waals surface area contributed by atoms with Gasteiger partial charge >= 0.3 is 0 Å². The van der Waals surface area contributed by atoms with Crippen LogP contribution in [0.25, 0.3) is 0 Å². The number of amides is 2. The van der Waals surface area contributed by atoms with Crippen molar-refractivity contribution in [2.45, 2.75) is 38.4 Å². The topological polar surface area (TPSA) is 61.4 Å². The molecule has 2 atom stereocenters. The fraction of sp³-hybridized carbons (Fsp3) is 0.333. The Hall–Kier alpha value is -2.37. The maximum absolute atomic E-state index is 13.2. The molecule has 0 saturated carbocycles. The lowest BCUT2D eigenvalue weighted by atomic mass is 10.1. The van der Waals surface area contributed by atoms with Gasteiger partial charge in [0.2, 0.25) is 11.8 Å². The molecule has 0 radical (unpaired) electrons. The highest BCUT2D eigenvalue weighted by Gasteiger charge is 2.31. The van der Waals surface area contributed by atoms with Crippen molar-refractivity contribution < 1.29 is 9.59 Å². The number of fused-ring (bicyclic) bond motifs is 1. The number of likely N-dealkylation sites (N-methyl/N-ethyl adjacent to an activating group) is 1. The Kier molecular flexibility index (Phi) is 7.39. The van der Waals surface area contributed by atoms with Gasteiger partial charge in [0.1, 0.15) is 6.04 Å². The van der Waals surface area contributed by atoms with Crippen LogP contribution in [0, 0.1) is 0 Å². The molecule has 0 saturated heterocycles. The SMILES string of the molecule is CNC(C)C(=O)NC1CCc2ccccc2N(Cc2ccccc2)C1=O.Cl. The average Bonchev–Trinajstić information content (AvgIpc) is 2.80. The predicted molar refractivity (Wildman–Crippen MR) is 110 cm³/mol. The minimum Gasteiger partial charge on any atom is -0.343 e. The molecule has 2 N–H and O–H groups in total. The summed E-state index contributed by atoms with van der Waals surface area (Å²) in [6, 6.07) is 17.0. The first-order chi connectivity index (χ1) is 12.6. The van der Waals surface area contributed by atoms with Gasteiger partial charge in [-0.2, -0.15) is 0 Å². The molecule has 2 unspecified atom stereocenters. The van der Waals surface area contributed by atoms with E-state index in [2.05, 4.69) is 16.7 Å². The van der Waals surface area contributed by atoms with Crippen LogP contribution >= 0.6 is 12.4 Å². The molecule has 27 heavy (non-hydrogen) atoms. The van der Waals surface area contributed by atoms with Crippen molar-refractivity contribution >= 4 is 29.9 Å². The normalized spacial score (nSPS) is 17.3. The summed E-state index contributed by atoms with van der Waals surface area (Å²) < 4.78 is 0. The molecule has 0 bridgehead atoms. The Morgan fingerprint density at radius 1 is 1.15 bits per heavy atom. The van der Waals surface area contributed by atoms with E-state index in [1.165, 1.54) is 0 Å². The molecule has 1 aliphatic heterocycles. The summed E-state index contributed by atoms with van der Waals surface area (Å²) in [4.78, 5) is 27.3. The van der Waals surface area contributed by atoms with Crippen LogP contribution in [0.3, 0.4) is 0 Å². The Balaban J connectivity index is 0.00000261. The van der Waals surface area contributed by atoms with Crippen LogP contribution in [-0.4, -0.2) is 30.9 Å². The second kappa shape index (κ2) is 9.53. The van der Waals surface area contributed by atoms with Crippen molar-refractivity contribution in [1.82, 2.24) is 10.6 Å². The van der Waals surface area contributed by atoms with Gasteiger partial charge in [-0.15, -0.1) is 12.4 Å². The molecular formula is C21H26ClN3O2. The number of carbonyl (C=O) groups is 2. The zero-order chi connectivity index (χ0) is 18.5. The molecule has 5 nitrogen and oxygen atoms in total. The van der Waals surface area contributed by atoms with E-state index in [1.807, 2.05) is 48.5 Å². The van der Waals surface area contributed by atoms with Crippen LogP contribution in [0.5, 0.6) is 0 Å². The van der Waals surface area contributed by atoms with E-state index >= 15 is 0 Å². The van der Waals surface area contributed by atoms with E-state index in [1.54, 1.807) is 18.9 Å². The van der Waals surface area contributed by atoms with E-state index in [0.29, 0.717) is 13.0 Å². The van der Waals surface area contributed by atoms with Crippen molar-refractivity contribution in [2.24, 2.45) is 0 Å². The lowest BCUT2D eigenvalue weighted by molar-refractivity contribution is -0.128. The second-order valence-corrected chi connectivity index (χ2v) is 6.65. The third kappa shape index (κ3) is 4.87. The molecule has 1 aliphatic rings. The molecule has 2 aromatic carbocycles. The molecule has 0 aromatic heterocycles. The summed E-state index contributed by atoms with van der Waals surface area (Å²) in [6.45, 7) is 2.28. The van der Waals surface area contributed by atoms with Gasteiger partial charge in [0.15, 0.2) is 0 Å². The number of hydrogen-bond acceptors (Lipinski definition) is 3. The summed E-state index contributed by atoms with van der Waals surface area (Å²) in [7, 11) is 1.73. The number of anilines is 1. The number of nitrogens with one attached hydrogen (secondary N) is 2. The Morgan fingerprint density at radius 3 is 2.52 bits per heavy atom. The van der Waals surface area contributed by atoms with Crippen LogP contribution < -0.4 is 15.5 Å². The van der Waals surface area contributed by atoms with Crippen LogP contribution in [0.1, 0.15) is 24.5 Å². The number of carbonyl (C=O) groups excluding carboxylic acids is 2. The van der Waals surface area contributed by atoms with Gasteiger partial charge in [-0.3, -0.25) is 9.59 Å². The van der Waals surface area contributed by atoms with E-state index in [0.717, 1.165) is 23.2 Å². The van der Waals surface area contributed by atoms with E-state index < -0.39 is 6.04 Å². The molecule has 6 heteroatoms. The molecule has 0 aliphatic carbocycles. The zero-order valence-electron chi connectivity index (χ0n) is 15.6. The smallest absolute Gasteiger partial charge is 0.249 e. The second-order valence-electron chi connectivity index (χ2n) is 6.65. The van der Waals surface area contributed by atoms with Gasteiger partial charge in [0.25, 0.3) is 0 Å². The number of aryl methyl sites for hydroxylation is 1. The standard InChI is InChI=1S/C21H25N3O2.ClH/c1-15(22-2)20(25)23-18-13-12-17-10-6-7-11-19(17)24(21(18)26)14-16-8-4-3-5-9-16;/h3-11,15,18,22H,12-14H2,1-2H3,(H,23,25);1H.